The molecule has 7 amide bonds. The smallest absolute Gasteiger partial charge is 0.326 e. The van der Waals surface area contributed by atoms with Gasteiger partial charge >= 0.3 is 5.97 Å². The average molecular weight is 1130 g/mol. The number of hydrogen-bond acceptors (Lipinski definition) is 13. The molecule has 0 aliphatic rings. The van der Waals surface area contributed by atoms with Gasteiger partial charge in [-0.15, -0.1) is 0 Å². The molecule has 0 saturated carbocycles. The summed E-state index contributed by atoms with van der Waals surface area (Å²) in [4.78, 5) is 118. The summed E-state index contributed by atoms with van der Waals surface area (Å²) in [6, 6.07) is 12.0. The van der Waals surface area contributed by atoms with E-state index < -0.39 is 107 Å². The van der Waals surface area contributed by atoms with E-state index in [9.17, 15) is 54.1 Å². The largest absolute Gasteiger partial charge is 0.508 e. The van der Waals surface area contributed by atoms with Gasteiger partial charge in [-0.2, -0.15) is 11.8 Å². The van der Waals surface area contributed by atoms with Gasteiger partial charge < -0.3 is 63.9 Å². The van der Waals surface area contributed by atoms with E-state index in [0.29, 0.717) is 61.2 Å². The number of H-pyrrole nitrogens is 1. The van der Waals surface area contributed by atoms with E-state index in [0.717, 1.165) is 10.9 Å². The van der Waals surface area contributed by atoms with E-state index in [4.69, 9.17) is 11.5 Å². The lowest BCUT2D eigenvalue weighted by atomic mass is 9.98. The number of carbonyl (C=O) groups is 8. The molecule has 1 heterocycles. The number of aromatic amines is 1. The molecule has 80 heavy (non-hydrogen) atoms. The standard InChI is InChI=1S/C56H79N13O10S/c1-33(2)47(54(76)61-41(25-28-80-5)49(71)65-46(31-37-32-60-40-18-10-9-17-39(37)40)52(74)62-43(56(78)79)20-12-14-27-58)67-55(77)48(34(3)4)66-53(75)45(30-36-21-23-38(70)24-22-36)64-51(73)44(29-35-15-7-6-8-16-35)63-50(72)42(68-69-59)19-11-13-26-57/h6-10,15-18,21-24,32-34,41-48,60,70H,11-14,19-20,25-31,57-58H2,1-5H3,(H,61,76)(H,62,74)(H,63,72)(H,64,73)(H,65,71)(H,66,75)(H,67,77)(H,78,79)/t41-,42-,43-,44-,45-,46-,47-,48-/m0/s1. The number of carboxylic acids is 1. The minimum atomic E-state index is -1.37. The van der Waals surface area contributed by atoms with Crippen molar-refractivity contribution >= 4 is 70.0 Å². The van der Waals surface area contributed by atoms with Gasteiger partial charge in [-0.05, 0) is 116 Å². The van der Waals surface area contributed by atoms with Crippen LogP contribution in [0.5, 0.6) is 5.75 Å². The first-order valence-corrected chi connectivity index (χ1v) is 28.3. The number of rotatable bonds is 35. The van der Waals surface area contributed by atoms with Crippen LogP contribution in [-0.2, 0) is 57.6 Å². The van der Waals surface area contributed by atoms with Gasteiger partial charge in [0.05, 0.1) is 0 Å². The molecule has 4 rings (SSSR count). The van der Waals surface area contributed by atoms with Crippen molar-refractivity contribution in [2.24, 2.45) is 28.4 Å². The molecule has 23 nitrogen and oxygen atoms in total. The summed E-state index contributed by atoms with van der Waals surface area (Å²) in [7, 11) is 0. The minimum Gasteiger partial charge on any atom is -0.508 e. The number of thioether (sulfide) groups is 1. The van der Waals surface area contributed by atoms with E-state index in [-0.39, 0.29) is 44.3 Å². The molecule has 8 atom stereocenters. The van der Waals surface area contributed by atoms with Gasteiger partial charge in [-0.3, -0.25) is 33.6 Å². The van der Waals surface area contributed by atoms with Crippen LogP contribution in [0.15, 0.2) is 90.2 Å². The zero-order chi connectivity index (χ0) is 58.7. The summed E-state index contributed by atoms with van der Waals surface area (Å²) in [5, 5.41) is 43.6. The fourth-order valence-corrected chi connectivity index (χ4v) is 9.29. The Morgan fingerprint density at radius 2 is 1.05 bits per heavy atom. The highest BCUT2D eigenvalue weighted by atomic mass is 32.2. The first-order chi connectivity index (χ1) is 38.3. The lowest BCUT2D eigenvalue weighted by molar-refractivity contribution is -0.142. The third kappa shape index (κ3) is 20.9. The molecule has 1 aromatic heterocycles. The molecule has 4 aromatic rings. The Morgan fingerprint density at radius 1 is 0.575 bits per heavy atom. The number of fused-ring (bicyclic) bond motifs is 1. The highest BCUT2D eigenvalue weighted by Crippen LogP contribution is 2.21. The van der Waals surface area contributed by atoms with E-state index in [2.05, 4.69) is 52.2 Å². The van der Waals surface area contributed by atoms with E-state index >= 15 is 0 Å². The predicted octanol–water partition coefficient (Wildman–Crippen LogP) is 3.38. The van der Waals surface area contributed by atoms with Crippen molar-refractivity contribution in [3.8, 4) is 5.75 Å². The summed E-state index contributed by atoms with van der Waals surface area (Å²) < 4.78 is 0. The number of azide groups is 1. The zero-order valence-corrected chi connectivity index (χ0v) is 46.9. The number of nitrogens with one attached hydrogen (secondary N) is 8. The van der Waals surface area contributed by atoms with Crippen molar-refractivity contribution < 1.29 is 48.6 Å². The molecule has 3 aromatic carbocycles. The molecule has 24 heteroatoms. The van der Waals surface area contributed by atoms with Crippen molar-refractivity contribution in [2.45, 2.75) is 140 Å². The Morgan fingerprint density at radius 3 is 1.61 bits per heavy atom. The van der Waals surface area contributed by atoms with Crippen LogP contribution >= 0.6 is 11.8 Å². The molecule has 434 valence electrons. The normalized spacial score (nSPS) is 14.2. The summed E-state index contributed by atoms with van der Waals surface area (Å²) in [6.45, 7) is 7.41. The summed E-state index contributed by atoms with van der Waals surface area (Å²) >= 11 is 1.41. The number of amides is 7. The molecule has 0 radical (unpaired) electrons. The van der Waals surface area contributed by atoms with Crippen LogP contribution in [0.3, 0.4) is 0 Å². The van der Waals surface area contributed by atoms with Crippen LogP contribution in [0.2, 0.25) is 0 Å². The highest BCUT2D eigenvalue weighted by Gasteiger charge is 2.36. The van der Waals surface area contributed by atoms with Crippen LogP contribution in [0, 0.1) is 11.8 Å². The number of phenolic OH excluding ortho intramolecular Hbond substituents is 1. The maximum Gasteiger partial charge on any atom is 0.326 e. The number of aromatic nitrogens is 1. The maximum absolute atomic E-state index is 14.5. The molecule has 0 aliphatic carbocycles. The first kappa shape index (κ1) is 64.9. The van der Waals surface area contributed by atoms with Crippen molar-refractivity contribution in [3.05, 3.63) is 112 Å². The molecule has 14 N–H and O–H groups in total. The first-order valence-electron chi connectivity index (χ1n) is 27.0. The molecular formula is C56H79N13O10S. The average Bonchev–Trinajstić information content (AvgIpc) is 3.84. The second-order valence-corrected chi connectivity index (χ2v) is 21.3. The number of aromatic hydroxyl groups is 1. The monoisotopic (exact) mass is 1130 g/mol. The topological polar surface area (TPSA) is 378 Å². The molecular weight excluding hydrogens is 1050 g/mol. The predicted molar refractivity (Wildman–Crippen MR) is 307 cm³/mol. The lowest BCUT2D eigenvalue weighted by Gasteiger charge is -2.30. The Bertz CT molecular complexity index is 2720. The number of aliphatic carboxylic acids is 1. The number of unbranched alkanes of at least 4 members (excludes halogenated alkanes) is 2. The van der Waals surface area contributed by atoms with Crippen LogP contribution in [0.4, 0.5) is 0 Å². The quantitative estimate of drug-likeness (QED) is 0.0136. The van der Waals surface area contributed by atoms with Crippen LogP contribution in [-0.4, -0.2) is 136 Å². The van der Waals surface area contributed by atoms with Gasteiger partial charge in [0.15, 0.2) is 0 Å². The minimum absolute atomic E-state index is 0.0165. The summed E-state index contributed by atoms with van der Waals surface area (Å²) in [6.07, 6.45) is 5.75. The number of nitrogens with two attached hydrogens (primary N) is 2. The number of nitrogens with zero attached hydrogens (tertiary/aromatic N) is 3. The fourth-order valence-electron chi connectivity index (χ4n) is 8.82. The van der Waals surface area contributed by atoms with Gasteiger partial charge in [0, 0.05) is 41.3 Å². The Kier molecular flexibility index (Phi) is 27.3. The molecule has 0 bridgehead atoms. The summed E-state index contributed by atoms with van der Waals surface area (Å²) in [5.41, 5.74) is 23.2. The molecule has 0 unspecified atom stereocenters. The zero-order valence-electron chi connectivity index (χ0n) is 46.1. The van der Waals surface area contributed by atoms with Gasteiger partial charge in [0.25, 0.3) is 0 Å². The molecule has 0 aliphatic heterocycles. The number of phenols is 1. The number of para-hydroxylation sites is 1. The molecule has 0 saturated heterocycles. The van der Waals surface area contributed by atoms with Crippen LogP contribution in [0.1, 0.15) is 89.3 Å². The van der Waals surface area contributed by atoms with Gasteiger partial charge in [0.2, 0.25) is 41.4 Å². The highest BCUT2D eigenvalue weighted by molar-refractivity contribution is 7.98. The maximum atomic E-state index is 14.5. The molecule has 0 fully saturated rings. The SMILES string of the molecule is CSCC[C@H](NC(=O)[C@@H](NC(=O)[C@@H](NC(=O)[C@H](Cc1ccc(O)cc1)NC(=O)[C@H](Cc1ccccc1)NC(=O)[C@H](CCCCN)N=[N+]=[N-])C(C)C)C(C)C)C(=O)N[C@@H](Cc1c[nH]c2ccccc12)C(=O)N[C@@H](CCCCN)C(=O)O. The fraction of sp³-hybridized carbons (Fsp3) is 0.500. The Labute approximate surface area is 470 Å². The number of carboxylic acid groups (broad SMARTS) is 1. The van der Waals surface area contributed by atoms with Crippen molar-refractivity contribution in [1.29, 1.82) is 0 Å². The van der Waals surface area contributed by atoms with Crippen molar-refractivity contribution in [3.63, 3.8) is 0 Å². The van der Waals surface area contributed by atoms with Gasteiger partial charge in [-0.25, -0.2) is 4.79 Å². The van der Waals surface area contributed by atoms with E-state index in [1.807, 2.05) is 30.5 Å². The van der Waals surface area contributed by atoms with E-state index in [1.165, 1.54) is 23.9 Å². The van der Waals surface area contributed by atoms with Gasteiger partial charge in [0.1, 0.15) is 54.1 Å². The summed E-state index contributed by atoms with van der Waals surface area (Å²) in [5.74, 6) is -7.31. The second-order valence-electron chi connectivity index (χ2n) is 20.3. The van der Waals surface area contributed by atoms with Gasteiger partial charge in [-0.1, -0.05) is 99.9 Å². The van der Waals surface area contributed by atoms with Crippen LogP contribution < -0.4 is 48.7 Å². The third-order valence-corrected chi connectivity index (χ3v) is 14.0. The number of carbonyl (C=O) groups excluding carboxylic acids is 7. The Balaban J connectivity index is 1.59. The van der Waals surface area contributed by atoms with E-state index in [1.54, 1.807) is 76.4 Å². The van der Waals surface area contributed by atoms with Crippen molar-refractivity contribution in [1.82, 2.24) is 42.2 Å². The third-order valence-electron chi connectivity index (χ3n) is 13.4. The van der Waals surface area contributed by atoms with Crippen molar-refractivity contribution in [2.75, 3.05) is 25.1 Å². The molecule has 0 spiro atoms. The van der Waals surface area contributed by atoms with Crippen LogP contribution in [0.25, 0.3) is 21.3 Å². The number of benzene rings is 3. The number of hydrogen-bond donors (Lipinski definition) is 12. The second kappa shape index (κ2) is 33.7. The Hall–Kier alpha value is -7.66. The lowest BCUT2D eigenvalue weighted by Crippen LogP contribution is -2.62.